The molecule has 5 rings (SSSR count). The van der Waals surface area contributed by atoms with E-state index in [1.54, 1.807) is 11.1 Å². The summed E-state index contributed by atoms with van der Waals surface area (Å²) in [5.41, 5.74) is 2.73. The first-order valence-corrected chi connectivity index (χ1v) is 11.0. The molecule has 0 spiro atoms. The van der Waals surface area contributed by atoms with E-state index >= 15 is 0 Å². The van der Waals surface area contributed by atoms with E-state index in [2.05, 4.69) is 36.1 Å². The molecule has 156 valence electrons. The van der Waals surface area contributed by atoms with Crippen LogP contribution in [0.5, 0.6) is 11.6 Å². The minimum absolute atomic E-state index is 0.134. The molecule has 0 unspecified atom stereocenters. The lowest BCUT2D eigenvalue weighted by molar-refractivity contribution is -0.134. The molecule has 0 atom stereocenters. The van der Waals surface area contributed by atoms with Gasteiger partial charge >= 0.3 is 0 Å². The predicted molar refractivity (Wildman–Crippen MR) is 115 cm³/mol. The van der Waals surface area contributed by atoms with Crippen molar-refractivity contribution in [3.8, 4) is 11.6 Å². The predicted octanol–water partition coefficient (Wildman–Crippen LogP) is 3.07. The van der Waals surface area contributed by atoms with Crippen molar-refractivity contribution in [3.63, 3.8) is 0 Å². The molecule has 1 saturated carbocycles. The standard InChI is InChI=1S/C21H23BrN6O2/c1-26-9-10-27(13-18(26)29)12-15-3-2-8-23-21(15)30-17-7-6-16-20(19(17)22)24-25-28(16)11-14-4-5-14/h2-3,6-8,14H,4-5,9-13H2,1H3. The average Bonchev–Trinajstić information content (AvgIpc) is 3.46. The molecule has 0 bridgehead atoms. The summed E-state index contributed by atoms with van der Waals surface area (Å²) in [5.74, 6) is 2.04. The number of pyridine rings is 1. The van der Waals surface area contributed by atoms with Gasteiger partial charge in [-0.25, -0.2) is 9.67 Å². The van der Waals surface area contributed by atoms with Gasteiger partial charge in [-0.1, -0.05) is 11.3 Å². The number of halogens is 1. The number of piperazine rings is 1. The molecule has 2 aromatic heterocycles. The summed E-state index contributed by atoms with van der Waals surface area (Å²) in [5, 5.41) is 8.66. The van der Waals surface area contributed by atoms with E-state index in [0.29, 0.717) is 24.7 Å². The number of carbonyl (C=O) groups is 1. The molecule has 1 aliphatic carbocycles. The molecular weight excluding hydrogens is 448 g/mol. The quantitative estimate of drug-likeness (QED) is 0.550. The van der Waals surface area contributed by atoms with Crippen LogP contribution in [-0.2, 0) is 17.9 Å². The summed E-state index contributed by atoms with van der Waals surface area (Å²) in [7, 11) is 1.84. The van der Waals surface area contributed by atoms with Crippen molar-refractivity contribution in [3.05, 3.63) is 40.5 Å². The molecule has 2 aliphatic rings. The van der Waals surface area contributed by atoms with Gasteiger partial charge in [-0.05, 0) is 52.9 Å². The van der Waals surface area contributed by atoms with Crippen LogP contribution in [0.1, 0.15) is 18.4 Å². The molecule has 1 aliphatic heterocycles. The van der Waals surface area contributed by atoms with Gasteiger partial charge in [0.05, 0.1) is 16.5 Å². The van der Waals surface area contributed by atoms with Crippen LogP contribution in [0, 0.1) is 5.92 Å². The van der Waals surface area contributed by atoms with Crippen LogP contribution in [-0.4, -0.2) is 62.4 Å². The first-order valence-electron chi connectivity index (χ1n) is 10.2. The maximum Gasteiger partial charge on any atom is 0.236 e. The Bertz CT molecular complexity index is 1100. The lowest BCUT2D eigenvalue weighted by Gasteiger charge is -2.32. The van der Waals surface area contributed by atoms with Gasteiger partial charge in [-0.2, -0.15) is 0 Å². The highest BCUT2D eigenvalue weighted by Gasteiger charge is 2.25. The van der Waals surface area contributed by atoms with Crippen LogP contribution in [0.2, 0.25) is 0 Å². The van der Waals surface area contributed by atoms with Crippen molar-refractivity contribution in [2.45, 2.75) is 25.9 Å². The molecule has 3 heterocycles. The van der Waals surface area contributed by atoms with Gasteiger partial charge in [0.25, 0.3) is 0 Å². The van der Waals surface area contributed by atoms with Crippen LogP contribution in [0.4, 0.5) is 0 Å². The van der Waals surface area contributed by atoms with Gasteiger partial charge in [-0.15, -0.1) is 5.10 Å². The Morgan fingerprint density at radius 3 is 2.90 bits per heavy atom. The second-order valence-electron chi connectivity index (χ2n) is 8.06. The number of hydrogen-bond acceptors (Lipinski definition) is 6. The number of likely N-dealkylation sites (N-methyl/N-ethyl adjacent to an activating group) is 1. The molecule has 0 N–H and O–H groups in total. The fourth-order valence-corrected chi connectivity index (χ4v) is 4.16. The summed E-state index contributed by atoms with van der Waals surface area (Å²) in [6.45, 7) is 3.49. The zero-order valence-electron chi connectivity index (χ0n) is 16.8. The summed E-state index contributed by atoms with van der Waals surface area (Å²) < 4.78 is 8.93. The van der Waals surface area contributed by atoms with Crippen molar-refractivity contribution in [1.29, 1.82) is 0 Å². The second-order valence-corrected chi connectivity index (χ2v) is 8.85. The minimum Gasteiger partial charge on any atom is -0.437 e. The molecule has 1 amide bonds. The molecular formula is C21H23BrN6O2. The third kappa shape index (κ3) is 3.91. The largest absolute Gasteiger partial charge is 0.437 e. The number of aromatic nitrogens is 4. The van der Waals surface area contributed by atoms with Gasteiger partial charge in [0.2, 0.25) is 11.8 Å². The Balaban J connectivity index is 1.37. The van der Waals surface area contributed by atoms with Gasteiger partial charge in [0.1, 0.15) is 11.3 Å². The Kier molecular flexibility index (Phi) is 5.16. The van der Waals surface area contributed by atoms with E-state index in [1.807, 2.05) is 36.0 Å². The number of fused-ring (bicyclic) bond motifs is 1. The second kappa shape index (κ2) is 7.96. The molecule has 1 aromatic carbocycles. The minimum atomic E-state index is 0.134. The topological polar surface area (TPSA) is 76.4 Å². The van der Waals surface area contributed by atoms with E-state index in [-0.39, 0.29) is 5.91 Å². The maximum atomic E-state index is 12.0. The number of benzene rings is 1. The Hall–Kier alpha value is -2.52. The third-order valence-electron chi connectivity index (χ3n) is 5.71. The molecule has 3 aromatic rings. The maximum absolute atomic E-state index is 12.0. The fourth-order valence-electron chi connectivity index (χ4n) is 3.67. The van der Waals surface area contributed by atoms with Crippen LogP contribution in [0.25, 0.3) is 11.0 Å². The van der Waals surface area contributed by atoms with E-state index in [0.717, 1.165) is 46.6 Å². The van der Waals surface area contributed by atoms with E-state index in [9.17, 15) is 4.79 Å². The van der Waals surface area contributed by atoms with Gasteiger partial charge in [-0.3, -0.25) is 9.69 Å². The van der Waals surface area contributed by atoms with Crippen molar-refractivity contribution in [1.82, 2.24) is 29.8 Å². The van der Waals surface area contributed by atoms with Crippen LogP contribution < -0.4 is 4.74 Å². The highest BCUT2D eigenvalue weighted by molar-refractivity contribution is 9.10. The van der Waals surface area contributed by atoms with E-state index in [1.165, 1.54) is 12.8 Å². The van der Waals surface area contributed by atoms with Crippen molar-refractivity contribution in [2.75, 3.05) is 26.7 Å². The van der Waals surface area contributed by atoms with Crippen LogP contribution in [0.15, 0.2) is 34.9 Å². The van der Waals surface area contributed by atoms with Crippen LogP contribution >= 0.6 is 15.9 Å². The van der Waals surface area contributed by atoms with Crippen molar-refractivity contribution < 1.29 is 9.53 Å². The normalized spacial score (nSPS) is 17.7. The molecule has 30 heavy (non-hydrogen) atoms. The van der Waals surface area contributed by atoms with Gasteiger partial charge < -0.3 is 9.64 Å². The van der Waals surface area contributed by atoms with E-state index in [4.69, 9.17) is 4.74 Å². The molecule has 9 heteroatoms. The Morgan fingerprint density at radius 1 is 1.23 bits per heavy atom. The van der Waals surface area contributed by atoms with Crippen molar-refractivity contribution >= 4 is 32.9 Å². The summed E-state index contributed by atoms with van der Waals surface area (Å²) in [6.07, 6.45) is 4.25. The summed E-state index contributed by atoms with van der Waals surface area (Å²) in [4.78, 5) is 20.4. The molecule has 8 nitrogen and oxygen atoms in total. The number of nitrogens with zero attached hydrogens (tertiary/aromatic N) is 6. The van der Waals surface area contributed by atoms with Crippen LogP contribution in [0.3, 0.4) is 0 Å². The molecule has 2 fully saturated rings. The fraction of sp³-hybridized carbons (Fsp3) is 0.429. The Morgan fingerprint density at radius 2 is 2.10 bits per heavy atom. The highest BCUT2D eigenvalue weighted by Crippen LogP contribution is 2.37. The smallest absolute Gasteiger partial charge is 0.236 e. The summed E-state index contributed by atoms with van der Waals surface area (Å²) in [6, 6.07) is 7.81. The molecule has 0 radical (unpaired) electrons. The lowest BCUT2D eigenvalue weighted by Crippen LogP contribution is -2.48. The zero-order valence-corrected chi connectivity index (χ0v) is 18.4. The number of hydrogen-bond donors (Lipinski definition) is 0. The third-order valence-corrected chi connectivity index (χ3v) is 6.47. The monoisotopic (exact) mass is 470 g/mol. The number of ether oxygens (including phenoxy) is 1. The Labute approximate surface area is 182 Å². The first kappa shape index (κ1) is 19.4. The average molecular weight is 471 g/mol. The van der Waals surface area contributed by atoms with Gasteiger partial charge in [0, 0.05) is 45.0 Å². The van der Waals surface area contributed by atoms with E-state index < -0.39 is 0 Å². The zero-order chi connectivity index (χ0) is 20.7. The number of rotatable bonds is 6. The highest BCUT2D eigenvalue weighted by atomic mass is 79.9. The number of carbonyl (C=O) groups excluding carboxylic acids is 1. The SMILES string of the molecule is CN1CCN(Cc2cccnc2Oc2ccc3c(nnn3CC3CC3)c2Br)CC1=O. The molecule has 1 saturated heterocycles. The first-order chi connectivity index (χ1) is 14.6. The summed E-state index contributed by atoms with van der Waals surface area (Å²) >= 11 is 3.64. The lowest BCUT2D eigenvalue weighted by atomic mass is 10.2. The van der Waals surface area contributed by atoms with Gasteiger partial charge in [0.15, 0.2) is 0 Å². The number of amides is 1. The van der Waals surface area contributed by atoms with Crippen molar-refractivity contribution in [2.24, 2.45) is 5.92 Å².